The maximum Gasteiger partial charge on any atom is 0.119 e. The highest BCUT2D eigenvalue weighted by Crippen LogP contribution is 2.16. The first-order valence-corrected chi connectivity index (χ1v) is 2.73. The Morgan fingerprint density at radius 1 is 1.83 bits per heavy atom. The summed E-state index contributed by atoms with van der Waals surface area (Å²) in [6.45, 7) is 0. The van der Waals surface area contributed by atoms with Crippen molar-refractivity contribution in [2.45, 2.75) is 0 Å². The molecule has 5 heteroatoms. The first-order valence-electron chi connectivity index (χ1n) is 1.39. The van der Waals surface area contributed by atoms with E-state index >= 15 is 0 Å². The Balaban J connectivity index is 2.38. The second-order valence-electron chi connectivity index (χ2n) is 0.802. The van der Waals surface area contributed by atoms with E-state index in [1.165, 1.54) is 16.4 Å². The summed E-state index contributed by atoms with van der Waals surface area (Å²) in [5.74, 6) is 0.767. The Bertz CT molecular complexity index is 71.2. The van der Waals surface area contributed by atoms with Crippen LogP contribution >= 0.6 is 24.8 Å². The number of nitrogens with zero attached hydrogens (tertiary/aromatic N) is 3. The van der Waals surface area contributed by atoms with E-state index in [1.807, 2.05) is 0 Å². The second kappa shape index (κ2) is 1.70. The van der Waals surface area contributed by atoms with Crippen LogP contribution < -0.4 is 0 Å². The summed E-state index contributed by atoms with van der Waals surface area (Å²) in [6.07, 6.45) is 0. The molecule has 0 aromatic rings. The van der Waals surface area contributed by atoms with Gasteiger partial charge in [0.2, 0.25) is 0 Å². The van der Waals surface area contributed by atoms with Gasteiger partial charge in [0.15, 0.2) is 0 Å². The summed E-state index contributed by atoms with van der Waals surface area (Å²) in [5.41, 5.74) is 0. The van der Waals surface area contributed by atoms with Crippen LogP contribution in [-0.2, 0) is 0 Å². The fraction of sp³-hybridized carbons (Fsp3) is 1.00. The lowest BCUT2D eigenvalue weighted by Crippen LogP contribution is -1.93. The van der Waals surface area contributed by atoms with Crippen LogP contribution in [0.3, 0.4) is 0 Å². The average Bonchev–Trinajstić information content (AvgIpc) is 1.86. The van der Waals surface area contributed by atoms with Crippen LogP contribution in [0.2, 0.25) is 0 Å². The van der Waals surface area contributed by atoms with E-state index in [1.54, 1.807) is 0 Å². The molecule has 0 spiro atoms. The molecule has 1 rings (SSSR count). The molecule has 3 nitrogen and oxygen atoms in total. The normalized spacial score (nSPS) is 19.8. The molecule has 0 amide bonds. The van der Waals surface area contributed by atoms with Crippen molar-refractivity contribution >= 4 is 24.8 Å². The monoisotopic (exact) mass is 121 g/mol. The molecular weight excluding hydrogens is 118 g/mol. The van der Waals surface area contributed by atoms with Gasteiger partial charge in [-0.2, -0.15) is 0 Å². The standard InChI is InChI=1S/CH3N3S2/c5-4-1-6-3-2-4/h5H,1H2. The van der Waals surface area contributed by atoms with Crippen LogP contribution in [0.25, 0.3) is 0 Å². The molecule has 0 radical (unpaired) electrons. The van der Waals surface area contributed by atoms with Crippen LogP contribution in [0.5, 0.6) is 0 Å². The van der Waals surface area contributed by atoms with Gasteiger partial charge in [0.25, 0.3) is 0 Å². The Kier molecular flexibility index (Phi) is 1.21. The molecular formula is CH3N3S2. The van der Waals surface area contributed by atoms with Gasteiger partial charge in [0, 0.05) is 11.9 Å². The van der Waals surface area contributed by atoms with E-state index in [4.69, 9.17) is 0 Å². The van der Waals surface area contributed by atoms with Crippen molar-refractivity contribution in [2.24, 2.45) is 9.74 Å². The number of thiol groups is 1. The summed E-state index contributed by atoms with van der Waals surface area (Å²) in [5, 5.41) is 3.52. The highest BCUT2D eigenvalue weighted by atomic mass is 32.2. The zero-order chi connectivity index (χ0) is 4.41. The molecule has 0 bridgehead atoms. The maximum atomic E-state index is 3.84. The largest absolute Gasteiger partial charge is 0.211 e. The third kappa shape index (κ3) is 0.782. The van der Waals surface area contributed by atoms with Crippen molar-refractivity contribution in [3.63, 3.8) is 0 Å². The summed E-state index contributed by atoms with van der Waals surface area (Å²) in [7, 11) is 0. The molecule has 0 aromatic carbocycles. The molecule has 34 valence electrons. The molecule has 0 N–H and O–H groups in total. The molecule has 1 aliphatic heterocycles. The quantitative estimate of drug-likeness (QED) is 0.384. The second-order valence-corrected chi connectivity index (χ2v) is 1.94. The average molecular weight is 121 g/mol. The van der Waals surface area contributed by atoms with Gasteiger partial charge in [-0.25, -0.2) is 4.41 Å². The van der Waals surface area contributed by atoms with Crippen molar-refractivity contribution in [1.82, 2.24) is 4.41 Å². The van der Waals surface area contributed by atoms with Gasteiger partial charge >= 0.3 is 0 Å². The summed E-state index contributed by atoms with van der Waals surface area (Å²) < 4.78 is 5.03. The molecule has 0 saturated heterocycles. The van der Waals surface area contributed by atoms with Gasteiger partial charge in [0.1, 0.15) is 5.88 Å². The van der Waals surface area contributed by atoms with E-state index in [0.717, 1.165) is 5.88 Å². The fourth-order valence-corrected chi connectivity index (χ4v) is 0.767. The summed E-state index contributed by atoms with van der Waals surface area (Å²) in [6, 6.07) is 0. The zero-order valence-electron chi connectivity index (χ0n) is 2.90. The lowest BCUT2D eigenvalue weighted by atomic mass is 11.5. The smallest absolute Gasteiger partial charge is 0.119 e. The van der Waals surface area contributed by atoms with Gasteiger partial charge in [-0.15, -0.1) is 0 Å². The van der Waals surface area contributed by atoms with Crippen LogP contribution in [-0.4, -0.2) is 10.3 Å². The highest BCUT2D eigenvalue weighted by molar-refractivity contribution is 7.98. The Hall–Kier alpha value is 0.1000. The van der Waals surface area contributed by atoms with Gasteiger partial charge in [-0.05, 0) is 12.8 Å². The molecule has 1 heterocycles. The highest BCUT2D eigenvalue weighted by Gasteiger charge is 1.98. The number of hydrogen-bond acceptors (Lipinski definition) is 5. The Labute approximate surface area is 45.5 Å². The van der Waals surface area contributed by atoms with Gasteiger partial charge in [-0.3, -0.25) is 0 Å². The van der Waals surface area contributed by atoms with Crippen LogP contribution in [0.4, 0.5) is 0 Å². The van der Waals surface area contributed by atoms with Gasteiger partial charge in [-0.1, -0.05) is 9.74 Å². The van der Waals surface area contributed by atoms with Crippen LogP contribution in [0, 0.1) is 0 Å². The number of hydrogen-bond donors (Lipinski definition) is 1. The Morgan fingerprint density at radius 3 is 2.83 bits per heavy atom. The van der Waals surface area contributed by atoms with Crippen LogP contribution in [0.1, 0.15) is 0 Å². The van der Waals surface area contributed by atoms with Crippen molar-refractivity contribution in [3.05, 3.63) is 0 Å². The third-order valence-electron chi connectivity index (χ3n) is 0.371. The first-order chi connectivity index (χ1) is 2.89. The van der Waals surface area contributed by atoms with Crippen molar-refractivity contribution in [1.29, 1.82) is 0 Å². The number of rotatable bonds is 0. The predicted octanol–water partition coefficient (Wildman–Crippen LogP) is 1.12. The molecule has 0 saturated carbocycles. The maximum absolute atomic E-state index is 3.84. The van der Waals surface area contributed by atoms with Gasteiger partial charge in [0.05, 0.1) is 0 Å². The molecule has 0 aliphatic carbocycles. The summed E-state index contributed by atoms with van der Waals surface area (Å²) in [4.78, 5) is 0. The molecule has 1 aliphatic rings. The van der Waals surface area contributed by atoms with E-state index in [-0.39, 0.29) is 0 Å². The molecule has 0 unspecified atom stereocenters. The zero-order valence-corrected chi connectivity index (χ0v) is 4.62. The van der Waals surface area contributed by atoms with Crippen molar-refractivity contribution < 1.29 is 0 Å². The predicted molar refractivity (Wildman–Crippen MR) is 28.1 cm³/mol. The van der Waals surface area contributed by atoms with Crippen molar-refractivity contribution in [2.75, 3.05) is 5.88 Å². The third-order valence-corrected chi connectivity index (χ3v) is 1.33. The first kappa shape index (κ1) is 4.26. The van der Waals surface area contributed by atoms with Gasteiger partial charge < -0.3 is 0 Å². The van der Waals surface area contributed by atoms with Crippen molar-refractivity contribution in [3.8, 4) is 0 Å². The topological polar surface area (TPSA) is 28.0 Å². The minimum absolute atomic E-state index is 0.767. The Morgan fingerprint density at radius 2 is 2.67 bits per heavy atom. The SMILES string of the molecule is SN1CSN=N1. The molecule has 0 fully saturated rings. The van der Waals surface area contributed by atoms with E-state index in [2.05, 4.69) is 22.6 Å². The lowest BCUT2D eigenvalue weighted by molar-refractivity contribution is 0.589. The summed E-state index contributed by atoms with van der Waals surface area (Å²) >= 11 is 5.23. The molecule has 0 aromatic heterocycles. The minimum Gasteiger partial charge on any atom is -0.211 e. The molecule has 6 heavy (non-hydrogen) atoms. The fourth-order valence-electron chi connectivity index (χ4n) is 0.171. The van der Waals surface area contributed by atoms with E-state index < -0.39 is 0 Å². The lowest BCUT2D eigenvalue weighted by Gasteiger charge is -1.93. The van der Waals surface area contributed by atoms with E-state index in [0.29, 0.717) is 0 Å². The molecule has 0 atom stereocenters. The minimum atomic E-state index is 0.767. The van der Waals surface area contributed by atoms with Crippen LogP contribution in [0.15, 0.2) is 9.74 Å². The van der Waals surface area contributed by atoms with E-state index in [9.17, 15) is 0 Å².